The second-order valence-electron chi connectivity index (χ2n) is 7.76. The normalized spacial score (nSPS) is 12.0. The van der Waals surface area contributed by atoms with Crippen molar-refractivity contribution in [2.24, 2.45) is 0 Å². The number of hydrogen-bond acceptors (Lipinski definition) is 4. The van der Waals surface area contributed by atoms with Crippen LogP contribution in [-0.2, 0) is 4.79 Å². The Balaban J connectivity index is 0.00000117. The minimum absolute atomic E-state index is 0. The van der Waals surface area contributed by atoms with Crippen LogP contribution in [0.2, 0.25) is 0 Å². The molecule has 0 amide bonds. The van der Waals surface area contributed by atoms with Crippen molar-refractivity contribution in [1.82, 2.24) is 9.78 Å². The second-order valence-corrected chi connectivity index (χ2v) is 7.76. The zero-order valence-corrected chi connectivity index (χ0v) is 19.4. The Kier molecular flexibility index (Phi) is 9.62. The van der Waals surface area contributed by atoms with Crippen LogP contribution in [0.4, 0.5) is 5.69 Å². The SMILES string of the molecule is C.C=Cc1cc(/C(C)=C/c2ccn(-c3ccc(OCC(=O)C4=C[CH]4)cc3)n2)ccc1N.CCC.[HH]. The molecule has 5 heteroatoms. The van der Waals surface area contributed by atoms with Gasteiger partial charge in [0.2, 0.25) is 0 Å². The summed E-state index contributed by atoms with van der Waals surface area (Å²) in [6.07, 6.45) is 10.5. The van der Waals surface area contributed by atoms with Crippen LogP contribution in [0.1, 0.15) is 52.9 Å². The molecule has 0 bridgehead atoms. The molecule has 2 aromatic carbocycles. The minimum atomic E-state index is -0.000680. The Morgan fingerprint density at radius 2 is 1.85 bits per heavy atom. The highest BCUT2D eigenvalue weighted by Gasteiger charge is 2.17. The van der Waals surface area contributed by atoms with Crippen LogP contribution in [0.3, 0.4) is 0 Å². The lowest BCUT2D eigenvalue weighted by atomic mass is 10.0. The van der Waals surface area contributed by atoms with Gasteiger partial charge in [0.05, 0.1) is 11.4 Å². The van der Waals surface area contributed by atoms with Gasteiger partial charge in [0.15, 0.2) is 12.4 Å². The van der Waals surface area contributed by atoms with Crippen molar-refractivity contribution in [3.63, 3.8) is 0 Å². The molecule has 0 unspecified atom stereocenters. The zero-order valence-electron chi connectivity index (χ0n) is 19.4. The van der Waals surface area contributed by atoms with E-state index < -0.39 is 0 Å². The number of allylic oxidation sites excluding steroid dienone is 2. The molecule has 0 aliphatic heterocycles. The maximum Gasteiger partial charge on any atom is 0.196 e. The molecule has 4 rings (SSSR count). The first-order valence-corrected chi connectivity index (χ1v) is 11.0. The number of hydrogen-bond donors (Lipinski definition) is 1. The summed E-state index contributed by atoms with van der Waals surface area (Å²) in [7, 11) is 0. The average molecular weight is 459 g/mol. The monoisotopic (exact) mass is 458 g/mol. The van der Waals surface area contributed by atoms with E-state index in [1.165, 1.54) is 6.42 Å². The third-order valence-electron chi connectivity index (χ3n) is 4.86. The lowest BCUT2D eigenvalue weighted by Gasteiger charge is -2.06. The molecule has 0 spiro atoms. The first-order chi connectivity index (χ1) is 15.9. The smallest absolute Gasteiger partial charge is 0.196 e. The topological polar surface area (TPSA) is 70.1 Å². The molecule has 0 saturated heterocycles. The number of aromatic nitrogens is 2. The average Bonchev–Trinajstić information content (AvgIpc) is 3.58. The van der Waals surface area contributed by atoms with Gasteiger partial charge in [-0.05, 0) is 72.2 Å². The van der Waals surface area contributed by atoms with Crippen molar-refractivity contribution in [3.8, 4) is 11.4 Å². The molecular formula is C29H36N3O2. The number of anilines is 1. The summed E-state index contributed by atoms with van der Waals surface area (Å²) < 4.78 is 7.33. The largest absolute Gasteiger partial charge is 0.485 e. The number of carbonyl (C=O) groups is 1. The fourth-order valence-electron chi connectivity index (χ4n) is 3.02. The predicted octanol–water partition coefficient (Wildman–Crippen LogP) is 7.05. The number of carbonyl (C=O) groups excluding carboxylic acids is 1. The first-order valence-electron chi connectivity index (χ1n) is 11.0. The lowest BCUT2D eigenvalue weighted by Crippen LogP contribution is -2.09. The van der Waals surface area contributed by atoms with Gasteiger partial charge < -0.3 is 10.5 Å². The van der Waals surface area contributed by atoms with Crippen LogP contribution < -0.4 is 10.5 Å². The van der Waals surface area contributed by atoms with E-state index in [9.17, 15) is 4.79 Å². The standard InChI is InChI=1S/C25H22N3O2.C3H8.CH4.H2/c1-3-18-15-20(6-11-24(18)26)17(2)14-21-12-13-28(27-21)22-7-9-23(10-8-22)30-16-25(29)19-4-5-19;1-3-2;;/h3-15H,1,16,26H2,2H3;3H2,1-2H3;1H4;1H/b17-14+;;;. The van der Waals surface area contributed by atoms with E-state index in [4.69, 9.17) is 10.5 Å². The summed E-state index contributed by atoms with van der Waals surface area (Å²) >= 11 is 0. The van der Waals surface area contributed by atoms with Crippen LogP contribution in [0, 0.1) is 6.42 Å². The number of nitrogens with two attached hydrogens (primary N) is 1. The van der Waals surface area contributed by atoms with Gasteiger partial charge in [0.25, 0.3) is 0 Å². The highest BCUT2D eigenvalue weighted by molar-refractivity contribution is 6.03. The molecule has 1 aromatic heterocycles. The second kappa shape index (κ2) is 12.4. The Labute approximate surface area is 204 Å². The van der Waals surface area contributed by atoms with Crippen molar-refractivity contribution < 1.29 is 11.0 Å². The summed E-state index contributed by atoms with van der Waals surface area (Å²) in [5, 5.41) is 4.63. The van der Waals surface area contributed by atoms with E-state index in [0.29, 0.717) is 11.4 Å². The molecule has 0 saturated carbocycles. The third kappa shape index (κ3) is 7.07. The van der Waals surface area contributed by atoms with E-state index in [1.54, 1.807) is 23.3 Å². The Hall–Kier alpha value is -3.86. The van der Waals surface area contributed by atoms with Crippen LogP contribution in [-0.4, -0.2) is 22.2 Å². The number of Topliss-reactive ketones (excluding diaryl/α,β-unsaturated/α-hetero) is 1. The molecule has 0 atom stereocenters. The molecule has 179 valence electrons. The number of nitrogens with zero attached hydrogens (tertiary/aromatic N) is 2. The fourth-order valence-corrected chi connectivity index (χ4v) is 3.02. The van der Waals surface area contributed by atoms with Gasteiger partial charge in [-0.3, -0.25) is 4.79 Å². The molecule has 5 nitrogen and oxygen atoms in total. The van der Waals surface area contributed by atoms with Crippen LogP contribution in [0.5, 0.6) is 5.75 Å². The Bertz CT molecular complexity index is 1190. The molecule has 1 aliphatic carbocycles. The summed E-state index contributed by atoms with van der Waals surface area (Å²) in [4.78, 5) is 11.7. The quantitative estimate of drug-likeness (QED) is 0.367. The zero-order chi connectivity index (χ0) is 23.8. The van der Waals surface area contributed by atoms with E-state index >= 15 is 0 Å². The fraction of sp³-hybridized carbons (Fsp3) is 0.207. The van der Waals surface area contributed by atoms with E-state index in [1.807, 2.05) is 67.7 Å². The van der Waals surface area contributed by atoms with Crippen molar-refractivity contribution in [2.75, 3.05) is 12.3 Å². The Morgan fingerprint density at radius 1 is 1.18 bits per heavy atom. The number of nitrogen functional groups attached to an aromatic ring is 1. The predicted molar refractivity (Wildman–Crippen MR) is 146 cm³/mol. The van der Waals surface area contributed by atoms with E-state index in [0.717, 1.165) is 33.7 Å². The highest BCUT2D eigenvalue weighted by Crippen LogP contribution is 2.23. The van der Waals surface area contributed by atoms with Crippen LogP contribution in [0.15, 0.2) is 73.0 Å². The molecular weight excluding hydrogens is 422 g/mol. The van der Waals surface area contributed by atoms with Crippen LogP contribution in [0.25, 0.3) is 23.4 Å². The molecule has 34 heavy (non-hydrogen) atoms. The van der Waals surface area contributed by atoms with Crippen molar-refractivity contribution in [3.05, 3.63) is 96.2 Å². The first kappa shape index (κ1) is 26.4. The molecule has 3 aromatic rings. The van der Waals surface area contributed by atoms with Gasteiger partial charge in [-0.1, -0.05) is 52.5 Å². The van der Waals surface area contributed by atoms with Gasteiger partial charge in [-0.2, -0.15) is 5.10 Å². The molecule has 1 heterocycles. The van der Waals surface area contributed by atoms with E-state index in [-0.39, 0.29) is 21.2 Å². The number of ketones is 1. The maximum atomic E-state index is 11.7. The van der Waals surface area contributed by atoms with Crippen molar-refractivity contribution in [1.29, 1.82) is 0 Å². The van der Waals surface area contributed by atoms with Gasteiger partial charge in [-0.15, -0.1) is 0 Å². The van der Waals surface area contributed by atoms with Crippen molar-refractivity contribution in [2.45, 2.75) is 34.6 Å². The molecule has 2 N–H and O–H groups in total. The minimum Gasteiger partial charge on any atom is -0.485 e. The Morgan fingerprint density at radius 3 is 2.47 bits per heavy atom. The number of rotatable bonds is 8. The van der Waals surface area contributed by atoms with Gasteiger partial charge in [-0.25, -0.2) is 4.68 Å². The highest BCUT2D eigenvalue weighted by atomic mass is 16.5. The summed E-state index contributed by atoms with van der Waals surface area (Å²) in [5.74, 6) is 0.650. The van der Waals surface area contributed by atoms with Gasteiger partial charge in [0, 0.05) is 25.3 Å². The van der Waals surface area contributed by atoms with Gasteiger partial charge in [0.1, 0.15) is 5.75 Å². The van der Waals surface area contributed by atoms with Crippen molar-refractivity contribution >= 4 is 29.2 Å². The number of benzene rings is 2. The molecule has 1 aliphatic rings. The van der Waals surface area contributed by atoms with Crippen LogP contribution >= 0.6 is 0 Å². The summed E-state index contributed by atoms with van der Waals surface area (Å²) in [5.41, 5.74) is 12.2. The third-order valence-corrected chi connectivity index (χ3v) is 4.86. The van der Waals surface area contributed by atoms with E-state index in [2.05, 4.69) is 25.5 Å². The maximum absolute atomic E-state index is 11.7. The summed E-state index contributed by atoms with van der Waals surface area (Å²) in [6, 6.07) is 15.3. The molecule has 0 fully saturated rings. The number of ether oxygens (including phenoxy) is 1. The van der Waals surface area contributed by atoms with Gasteiger partial charge >= 0.3 is 0 Å². The molecule has 1 radical (unpaired) electrons. The summed E-state index contributed by atoms with van der Waals surface area (Å²) in [6.45, 7) is 10.1. The lowest BCUT2D eigenvalue weighted by molar-refractivity contribution is -0.116.